The number of nitrogens with zero attached hydrogens (tertiary/aromatic N) is 2. The summed E-state index contributed by atoms with van der Waals surface area (Å²) in [5.41, 5.74) is 0.892. The van der Waals surface area contributed by atoms with Gasteiger partial charge in [-0.2, -0.15) is 0 Å². The lowest BCUT2D eigenvalue weighted by molar-refractivity contribution is -0.132. The lowest BCUT2D eigenvalue weighted by Crippen LogP contribution is -2.29. The predicted octanol–water partition coefficient (Wildman–Crippen LogP) is 4.83. The lowest BCUT2D eigenvalue weighted by Gasteiger charge is -2.22. The van der Waals surface area contributed by atoms with Crippen LogP contribution < -0.4 is 9.64 Å². The average Bonchev–Trinajstić information content (AvgIpc) is 3.33. The largest absolute Gasteiger partial charge is 0.507 e. The van der Waals surface area contributed by atoms with E-state index in [4.69, 9.17) is 20.9 Å². The van der Waals surface area contributed by atoms with Gasteiger partial charge in [-0.15, -0.1) is 0 Å². The third-order valence-corrected chi connectivity index (χ3v) is 5.24. The molecular formula is C24H19ClN2O5. The maximum atomic E-state index is 13.0. The van der Waals surface area contributed by atoms with Crippen molar-refractivity contribution >= 4 is 34.9 Å². The summed E-state index contributed by atoms with van der Waals surface area (Å²) in [7, 11) is 0. The molecule has 1 aliphatic heterocycles. The van der Waals surface area contributed by atoms with E-state index in [0.29, 0.717) is 34.3 Å². The quantitative estimate of drug-likeness (QED) is 0.250. The normalized spacial score (nSPS) is 17.6. The predicted molar refractivity (Wildman–Crippen MR) is 120 cm³/mol. The van der Waals surface area contributed by atoms with E-state index in [2.05, 4.69) is 11.7 Å². The van der Waals surface area contributed by atoms with Crippen LogP contribution in [0.3, 0.4) is 0 Å². The zero-order chi connectivity index (χ0) is 22.8. The van der Waals surface area contributed by atoms with E-state index in [1.165, 1.54) is 4.90 Å². The van der Waals surface area contributed by atoms with E-state index >= 15 is 0 Å². The molecule has 1 N–H and O–H groups in total. The molecule has 8 heteroatoms. The van der Waals surface area contributed by atoms with Gasteiger partial charge in [0.25, 0.3) is 5.78 Å². The number of hydrogen-bond acceptors (Lipinski definition) is 6. The van der Waals surface area contributed by atoms with Crippen molar-refractivity contribution in [2.24, 2.45) is 0 Å². The van der Waals surface area contributed by atoms with Crippen LogP contribution in [0.4, 0.5) is 5.82 Å². The zero-order valence-electron chi connectivity index (χ0n) is 17.1. The van der Waals surface area contributed by atoms with Crippen LogP contribution in [0.25, 0.3) is 5.76 Å². The highest BCUT2D eigenvalue weighted by atomic mass is 35.5. The highest BCUT2D eigenvalue weighted by Crippen LogP contribution is 2.42. The fraction of sp³-hybridized carbons (Fsp3) is 0.125. The third-order valence-electron chi connectivity index (χ3n) is 4.99. The van der Waals surface area contributed by atoms with Gasteiger partial charge in [-0.3, -0.25) is 14.5 Å². The first-order valence-electron chi connectivity index (χ1n) is 9.74. The Balaban J connectivity index is 1.84. The second kappa shape index (κ2) is 8.72. The first kappa shape index (κ1) is 21.4. The molecule has 1 saturated heterocycles. The molecule has 1 fully saturated rings. The van der Waals surface area contributed by atoms with Gasteiger partial charge in [-0.05, 0) is 48.9 Å². The molecular weight excluding hydrogens is 432 g/mol. The van der Waals surface area contributed by atoms with Crippen molar-refractivity contribution in [1.82, 2.24) is 5.16 Å². The van der Waals surface area contributed by atoms with Crippen LogP contribution >= 0.6 is 11.6 Å². The highest BCUT2D eigenvalue weighted by Gasteiger charge is 2.48. The summed E-state index contributed by atoms with van der Waals surface area (Å²) in [6.07, 6.45) is 1.62. The first-order valence-corrected chi connectivity index (χ1v) is 10.1. The van der Waals surface area contributed by atoms with E-state index in [0.717, 1.165) is 0 Å². The summed E-state index contributed by atoms with van der Waals surface area (Å²) in [4.78, 5) is 27.2. The fourth-order valence-electron chi connectivity index (χ4n) is 3.52. The molecule has 162 valence electrons. The summed E-state index contributed by atoms with van der Waals surface area (Å²) >= 11 is 6.02. The van der Waals surface area contributed by atoms with Crippen LogP contribution in [0.15, 0.2) is 77.3 Å². The van der Waals surface area contributed by atoms with Gasteiger partial charge in [0.1, 0.15) is 23.9 Å². The number of aliphatic hydroxyl groups is 1. The highest BCUT2D eigenvalue weighted by molar-refractivity contribution is 6.51. The number of ketones is 1. The van der Waals surface area contributed by atoms with E-state index in [1.54, 1.807) is 67.6 Å². The van der Waals surface area contributed by atoms with Gasteiger partial charge >= 0.3 is 5.91 Å². The van der Waals surface area contributed by atoms with Crippen LogP contribution in [-0.4, -0.2) is 28.6 Å². The standard InChI is InChI=1S/C24H19ClN2O5/c1-3-12-31-18-10-6-16(7-11-18)22(28)20-21(15-4-8-17(25)9-5-15)27(24(30)23(20)29)19-13-14(2)32-26-19/h3-11,13,21,28H,1,12H2,2H3/b22-20+. The van der Waals surface area contributed by atoms with Gasteiger partial charge in [-0.1, -0.05) is 41.5 Å². The fourth-order valence-corrected chi connectivity index (χ4v) is 3.64. The summed E-state index contributed by atoms with van der Waals surface area (Å²) in [6.45, 7) is 5.62. The van der Waals surface area contributed by atoms with Crippen molar-refractivity contribution in [2.75, 3.05) is 11.5 Å². The Kier molecular flexibility index (Phi) is 5.83. The number of carbonyl (C=O) groups excluding carboxylic acids is 2. The van der Waals surface area contributed by atoms with Crippen LogP contribution in [0, 0.1) is 6.92 Å². The van der Waals surface area contributed by atoms with Crippen LogP contribution in [0.5, 0.6) is 5.75 Å². The van der Waals surface area contributed by atoms with Crippen molar-refractivity contribution in [3.63, 3.8) is 0 Å². The topological polar surface area (TPSA) is 92.9 Å². The number of hydrogen-bond donors (Lipinski definition) is 1. The SMILES string of the molecule is C=CCOc1ccc(/C(O)=C2\C(=O)C(=O)N(c3cc(C)on3)C2c2ccc(Cl)cc2)cc1. The minimum Gasteiger partial charge on any atom is -0.507 e. The van der Waals surface area contributed by atoms with Gasteiger partial charge in [-0.25, -0.2) is 0 Å². The Hall–Kier alpha value is -3.84. The molecule has 32 heavy (non-hydrogen) atoms. The maximum absolute atomic E-state index is 13.0. The van der Waals surface area contributed by atoms with E-state index in [-0.39, 0.29) is 17.2 Å². The molecule has 3 aromatic rings. The first-order chi connectivity index (χ1) is 15.4. The Morgan fingerprint density at radius 2 is 1.91 bits per heavy atom. The molecule has 7 nitrogen and oxygen atoms in total. The van der Waals surface area contributed by atoms with E-state index in [9.17, 15) is 14.7 Å². The summed E-state index contributed by atoms with van der Waals surface area (Å²) < 4.78 is 10.6. The number of aliphatic hydroxyl groups excluding tert-OH is 1. The molecule has 1 amide bonds. The molecule has 2 aromatic carbocycles. The maximum Gasteiger partial charge on any atom is 0.301 e. The number of carbonyl (C=O) groups is 2. The Bertz CT molecular complexity index is 1210. The van der Waals surface area contributed by atoms with Gasteiger partial charge < -0.3 is 14.4 Å². The van der Waals surface area contributed by atoms with Gasteiger partial charge in [0.15, 0.2) is 5.82 Å². The number of Topliss-reactive ketones (excluding diaryl/α,β-unsaturated/α-hetero) is 1. The summed E-state index contributed by atoms with van der Waals surface area (Å²) in [6, 6.07) is 13.9. The molecule has 1 atom stereocenters. The minimum absolute atomic E-state index is 0.0577. The second-order valence-electron chi connectivity index (χ2n) is 7.14. The number of benzene rings is 2. The molecule has 0 aliphatic carbocycles. The van der Waals surface area contributed by atoms with Crippen molar-refractivity contribution in [3.8, 4) is 5.75 Å². The Morgan fingerprint density at radius 3 is 2.50 bits per heavy atom. The number of ether oxygens (including phenoxy) is 1. The third kappa shape index (κ3) is 3.90. The van der Waals surface area contributed by atoms with Crippen molar-refractivity contribution in [3.05, 3.63) is 94.7 Å². The number of rotatable bonds is 6. The molecule has 1 unspecified atom stereocenters. The number of aryl methyl sites for hydroxylation is 1. The van der Waals surface area contributed by atoms with Crippen molar-refractivity contribution in [1.29, 1.82) is 0 Å². The number of anilines is 1. The molecule has 0 saturated carbocycles. The molecule has 1 aromatic heterocycles. The Labute approximate surface area is 189 Å². The minimum atomic E-state index is -0.909. The lowest BCUT2D eigenvalue weighted by atomic mass is 9.95. The van der Waals surface area contributed by atoms with Crippen LogP contribution in [-0.2, 0) is 9.59 Å². The van der Waals surface area contributed by atoms with Crippen LogP contribution in [0.1, 0.15) is 22.9 Å². The van der Waals surface area contributed by atoms with Gasteiger partial charge in [0, 0.05) is 16.7 Å². The molecule has 1 aliphatic rings. The number of halogens is 1. The molecule has 0 bridgehead atoms. The van der Waals surface area contributed by atoms with Gasteiger partial charge in [0.2, 0.25) is 0 Å². The molecule has 0 spiro atoms. The summed E-state index contributed by atoms with van der Waals surface area (Å²) in [5, 5.41) is 15.5. The molecule has 4 rings (SSSR count). The van der Waals surface area contributed by atoms with E-state index < -0.39 is 17.7 Å². The average molecular weight is 451 g/mol. The second-order valence-corrected chi connectivity index (χ2v) is 7.58. The number of amides is 1. The smallest absolute Gasteiger partial charge is 0.301 e. The zero-order valence-corrected chi connectivity index (χ0v) is 17.9. The van der Waals surface area contributed by atoms with E-state index in [1.807, 2.05) is 0 Å². The molecule has 0 radical (unpaired) electrons. The Morgan fingerprint density at radius 1 is 1.22 bits per heavy atom. The van der Waals surface area contributed by atoms with Crippen LogP contribution in [0.2, 0.25) is 5.02 Å². The number of aromatic nitrogens is 1. The molecule has 2 heterocycles. The van der Waals surface area contributed by atoms with Gasteiger partial charge in [0.05, 0.1) is 11.6 Å². The summed E-state index contributed by atoms with van der Waals surface area (Å²) in [5.74, 6) is -0.708. The van der Waals surface area contributed by atoms with Crippen molar-refractivity contribution < 1.29 is 24.0 Å². The van der Waals surface area contributed by atoms with Crippen molar-refractivity contribution in [2.45, 2.75) is 13.0 Å². The monoisotopic (exact) mass is 450 g/mol.